The van der Waals surface area contributed by atoms with Gasteiger partial charge in [-0.3, -0.25) is 19.2 Å². The summed E-state index contributed by atoms with van der Waals surface area (Å²) in [6.07, 6.45) is 7.10. The van der Waals surface area contributed by atoms with Crippen molar-refractivity contribution in [3.63, 3.8) is 0 Å². The minimum Gasteiger partial charge on any atom is -0.382 e. The van der Waals surface area contributed by atoms with Crippen LogP contribution in [0.2, 0.25) is 0 Å². The average Bonchev–Trinajstić information content (AvgIpc) is 3.28. The molecule has 1 heterocycles. The molecule has 5 amide bonds. The monoisotopic (exact) mass is 647 g/mol. The molecule has 3 aliphatic rings. The molecule has 6 atom stereocenters. The van der Waals surface area contributed by atoms with Gasteiger partial charge in [-0.1, -0.05) is 80.6 Å². The van der Waals surface area contributed by atoms with Gasteiger partial charge in [0.25, 0.3) is 5.91 Å². The van der Waals surface area contributed by atoms with Gasteiger partial charge in [-0.25, -0.2) is 4.79 Å². The second-order valence-corrected chi connectivity index (χ2v) is 15.9. The van der Waals surface area contributed by atoms with Crippen molar-refractivity contribution in [1.29, 1.82) is 0 Å². The highest BCUT2D eigenvalue weighted by Gasteiger charge is 2.70. The number of amides is 5. The van der Waals surface area contributed by atoms with Gasteiger partial charge in [-0.15, -0.1) is 0 Å². The Labute approximate surface area is 276 Å². The van der Waals surface area contributed by atoms with E-state index in [0.717, 1.165) is 44.9 Å². The largest absolute Gasteiger partial charge is 0.382 e. The van der Waals surface area contributed by atoms with Crippen molar-refractivity contribution >= 4 is 29.5 Å². The van der Waals surface area contributed by atoms with Gasteiger partial charge < -0.3 is 31.3 Å². The SMILES string of the molecule is CCC(CC)CC(NC(=O)C1[C@@H]2C(CN1C(=O)[C@@H](NC(=O)N[C@@](C)(COC)CC(C)C)C1(C)CCCCC1)C2(C)C)C(=O)C(N)=O. The Morgan fingerprint density at radius 3 is 2.13 bits per heavy atom. The number of urea groups is 1. The van der Waals surface area contributed by atoms with Gasteiger partial charge in [-0.05, 0) is 67.1 Å². The van der Waals surface area contributed by atoms with Crippen LogP contribution in [0.4, 0.5) is 4.79 Å². The maximum atomic E-state index is 14.7. The fraction of sp³-hybridized carbons (Fsp3) is 0.857. The van der Waals surface area contributed by atoms with E-state index in [9.17, 15) is 24.0 Å². The van der Waals surface area contributed by atoms with Crippen LogP contribution in [0, 0.1) is 34.5 Å². The molecule has 3 fully saturated rings. The zero-order chi connectivity index (χ0) is 34.6. The van der Waals surface area contributed by atoms with Crippen LogP contribution in [0.25, 0.3) is 0 Å². The van der Waals surface area contributed by atoms with E-state index in [1.807, 2.05) is 20.8 Å². The van der Waals surface area contributed by atoms with E-state index in [2.05, 4.69) is 50.6 Å². The molecule has 46 heavy (non-hydrogen) atoms. The number of nitrogens with zero attached hydrogens (tertiary/aromatic N) is 1. The maximum absolute atomic E-state index is 14.7. The first-order chi connectivity index (χ1) is 21.4. The lowest BCUT2D eigenvalue weighted by molar-refractivity contribution is -0.146. The molecule has 2 saturated carbocycles. The minimum absolute atomic E-state index is 0.0985. The molecule has 11 heteroatoms. The lowest BCUT2D eigenvalue weighted by atomic mass is 9.70. The van der Waals surface area contributed by atoms with Crippen LogP contribution in [0.5, 0.6) is 0 Å². The molecule has 0 bridgehead atoms. The summed E-state index contributed by atoms with van der Waals surface area (Å²) in [5.74, 6) is -2.19. The number of primary amides is 1. The number of piperidine rings is 1. The molecule has 0 aromatic heterocycles. The summed E-state index contributed by atoms with van der Waals surface area (Å²) in [4.78, 5) is 68.9. The van der Waals surface area contributed by atoms with Crippen molar-refractivity contribution in [3.05, 3.63) is 0 Å². The van der Waals surface area contributed by atoms with Crippen LogP contribution < -0.4 is 21.7 Å². The van der Waals surface area contributed by atoms with E-state index in [1.165, 1.54) is 0 Å². The Morgan fingerprint density at radius 2 is 1.61 bits per heavy atom. The first-order valence-corrected chi connectivity index (χ1v) is 17.5. The highest BCUT2D eigenvalue weighted by atomic mass is 16.5. The summed E-state index contributed by atoms with van der Waals surface area (Å²) in [5.41, 5.74) is 4.10. The third-order valence-electron chi connectivity index (χ3n) is 11.3. The molecule has 0 spiro atoms. The maximum Gasteiger partial charge on any atom is 0.315 e. The number of hydrogen-bond donors (Lipinski definition) is 4. The molecule has 11 nitrogen and oxygen atoms in total. The first-order valence-electron chi connectivity index (χ1n) is 17.5. The van der Waals surface area contributed by atoms with Crippen LogP contribution in [-0.4, -0.2) is 78.4 Å². The number of nitrogens with one attached hydrogen (secondary N) is 3. The summed E-state index contributed by atoms with van der Waals surface area (Å²) < 4.78 is 5.44. The van der Waals surface area contributed by atoms with Crippen molar-refractivity contribution in [2.24, 2.45) is 40.2 Å². The van der Waals surface area contributed by atoms with Crippen molar-refractivity contribution < 1.29 is 28.7 Å². The second kappa shape index (κ2) is 15.0. The number of nitrogens with two attached hydrogens (primary N) is 1. The Kier molecular flexibility index (Phi) is 12.3. The number of fused-ring (bicyclic) bond motifs is 1. The lowest BCUT2D eigenvalue weighted by Crippen LogP contribution is -2.64. The van der Waals surface area contributed by atoms with E-state index in [4.69, 9.17) is 10.5 Å². The number of rotatable bonds is 16. The van der Waals surface area contributed by atoms with Gasteiger partial charge in [0.05, 0.1) is 18.2 Å². The molecule has 0 aromatic carbocycles. The Balaban J connectivity index is 1.92. The zero-order valence-corrected chi connectivity index (χ0v) is 29.8. The quantitative estimate of drug-likeness (QED) is 0.186. The smallest absolute Gasteiger partial charge is 0.315 e. The van der Waals surface area contributed by atoms with Crippen molar-refractivity contribution in [3.8, 4) is 0 Å². The lowest BCUT2D eigenvalue weighted by Gasteiger charge is -2.43. The number of likely N-dealkylation sites (tertiary alicyclic amines) is 1. The summed E-state index contributed by atoms with van der Waals surface area (Å²) in [6, 6.07) is -3.16. The van der Waals surface area contributed by atoms with E-state index in [1.54, 1.807) is 12.0 Å². The zero-order valence-electron chi connectivity index (χ0n) is 29.8. The number of hydrogen-bond acceptors (Lipinski definition) is 6. The van der Waals surface area contributed by atoms with Crippen LogP contribution in [0.15, 0.2) is 0 Å². The number of ketones is 1. The molecule has 3 unspecified atom stereocenters. The van der Waals surface area contributed by atoms with Gasteiger partial charge in [0.2, 0.25) is 17.6 Å². The summed E-state index contributed by atoms with van der Waals surface area (Å²) >= 11 is 0. The van der Waals surface area contributed by atoms with Crippen molar-refractivity contribution in [2.45, 2.75) is 137 Å². The molecule has 1 aliphatic heterocycles. The van der Waals surface area contributed by atoms with E-state index >= 15 is 0 Å². The summed E-state index contributed by atoms with van der Waals surface area (Å²) in [7, 11) is 1.60. The predicted molar refractivity (Wildman–Crippen MR) is 177 cm³/mol. The average molecular weight is 648 g/mol. The second-order valence-electron chi connectivity index (χ2n) is 15.9. The molecule has 5 N–H and O–H groups in total. The summed E-state index contributed by atoms with van der Waals surface area (Å²) in [5, 5.41) is 9.02. The normalized spacial score (nSPS) is 25.6. The van der Waals surface area contributed by atoms with Gasteiger partial charge in [0.1, 0.15) is 12.1 Å². The van der Waals surface area contributed by atoms with Crippen molar-refractivity contribution in [2.75, 3.05) is 20.3 Å². The highest BCUT2D eigenvalue weighted by Crippen LogP contribution is 2.65. The van der Waals surface area contributed by atoms with Gasteiger partial charge >= 0.3 is 6.03 Å². The topological polar surface area (TPSA) is 160 Å². The number of methoxy groups -OCH3 is 1. The highest BCUT2D eigenvalue weighted by molar-refractivity contribution is 6.37. The third kappa shape index (κ3) is 8.42. The molecular weight excluding hydrogens is 586 g/mol. The summed E-state index contributed by atoms with van der Waals surface area (Å²) in [6.45, 7) is 17.1. The Morgan fingerprint density at radius 1 is 1.00 bits per heavy atom. The van der Waals surface area contributed by atoms with E-state index in [0.29, 0.717) is 31.9 Å². The van der Waals surface area contributed by atoms with Crippen LogP contribution >= 0.6 is 0 Å². The first kappa shape index (κ1) is 37.8. The molecular formula is C35H61N5O6. The van der Waals surface area contributed by atoms with Gasteiger partial charge in [0, 0.05) is 13.7 Å². The van der Waals surface area contributed by atoms with Gasteiger partial charge in [-0.2, -0.15) is 0 Å². The number of carbonyl (C=O) groups excluding carboxylic acids is 5. The Hall–Kier alpha value is -2.69. The third-order valence-corrected chi connectivity index (χ3v) is 11.3. The predicted octanol–water partition coefficient (Wildman–Crippen LogP) is 3.92. The van der Waals surface area contributed by atoms with Crippen LogP contribution in [-0.2, 0) is 23.9 Å². The fourth-order valence-electron chi connectivity index (χ4n) is 8.58. The van der Waals surface area contributed by atoms with Crippen LogP contribution in [0.1, 0.15) is 113 Å². The number of ether oxygens (including phenoxy) is 1. The van der Waals surface area contributed by atoms with Crippen molar-refractivity contribution in [1.82, 2.24) is 20.9 Å². The molecule has 0 aromatic rings. The van der Waals surface area contributed by atoms with E-state index in [-0.39, 0.29) is 29.1 Å². The minimum atomic E-state index is -1.08. The molecule has 2 aliphatic carbocycles. The number of carbonyl (C=O) groups is 5. The van der Waals surface area contributed by atoms with Crippen LogP contribution in [0.3, 0.4) is 0 Å². The molecule has 262 valence electrons. The Bertz CT molecular complexity index is 1130. The van der Waals surface area contributed by atoms with E-state index < -0.39 is 52.7 Å². The standard InChI is InChI=1S/C35H61N5O6/c1-10-22(11-2)17-24(27(41)29(36)42)37-30(43)26-25-23(33(25,5)6)19-40(26)31(44)28(34(7)15-13-12-14-16-34)38-32(45)39-35(8,20-46-9)18-21(3)4/h21-26,28H,10-20H2,1-9H3,(H2,36,42)(H,37,43)(H2,38,39,45)/t23?,24?,25-,26?,28+,35+/m0/s1. The molecule has 1 saturated heterocycles. The fourth-order valence-corrected chi connectivity index (χ4v) is 8.58. The number of Topliss-reactive ketones (excluding diaryl/α,β-unsaturated/α-hetero) is 1. The molecule has 0 radical (unpaired) electrons. The van der Waals surface area contributed by atoms with Gasteiger partial charge in [0.15, 0.2) is 0 Å². The molecule has 3 rings (SSSR count).